The Morgan fingerprint density at radius 2 is 2.20 bits per heavy atom. The average Bonchev–Trinajstić information content (AvgIpc) is 2.47. The van der Waals surface area contributed by atoms with E-state index >= 15 is 0 Å². The molecule has 0 amide bonds. The number of nitrogens with zero attached hydrogens (tertiary/aromatic N) is 3. The van der Waals surface area contributed by atoms with Gasteiger partial charge in [0.15, 0.2) is 0 Å². The first-order valence-corrected chi connectivity index (χ1v) is 7.82. The van der Waals surface area contributed by atoms with Gasteiger partial charge in [0.2, 0.25) is 0 Å². The van der Waals surface area contributed by atoms with Gasteiger partial charge in [0.05, 0.1) is 0 Å². The maximum absolute atomic E-state index is 5.98. The van der Waals surface area contributed by atoms with E-state index in [9.17, 15) is 0 Å². The van der Waals surface area contributed by atoms with Gasteiger partial charge in [-0.3, -0.25) is 0 Å². The van der Waals surface area contributed by atoms with Crippen LogP contribution in [0.15, 0.2) is 18.3 Å². The van der Waals surface area contributed by atoms with Gasteiger partial charge in [0.25, 0.3) is 0 Å². The van der Waals surface area contributed by atoms with Gasteiger partial charge in [0.1, 0.15) is 5.82 Å². The third kappa shape index (κ3) is 2.67. The minimum absolute atomic E-state index is 0.0788. The van der Waals surface area contributed by atoms with E-state index in [1.165, 1.54) is 31.4 Å². The van der Waals surface area contributed by atoms with Crippen molar-refractivity contribution in [2.45, 2.75) is 38.3 Å². The Hall–Kier alpha value is -1.13. The van der Waals surface area contributed by atoms with E-state index in [0.29, 0.717) is 0 Å². The lowest BCUT2D eigenvalue weighted by molar-refractivity contribution is 0.102. The van der Waals surface area contributed by atoms with Crippen molar-refractivity contribution in [2.75, 3.05) is 31.6 Å². The summed E-state index contributed by atoms with van der Waals surface area (Å²) in [6.45, 7) is 5.55. The molecule has 0 aliphatic carbocycles. The number of fused-ring (bicyclic) bond motifs is 1. The van der Waals surface area contributed by atoms with E-state index in [0.717, 1.165) is 30.9 Å². The normalized spacial score (nSPS) is 29.1. The summed E-state index contributed by atoms with van der Waals surface area (Å²) in [5.74, 6) is 1.90. The Bertz CT molecular complexity index is 460. The topological polar surface area (TPSA) is 45.4 Å². The predicted octanol–water partition coefficient (Wildman–Crippen LogP) is 2.02. The Balaban J connectivity index is 1.74. The van der Waals surface area contributed by atoms with Crippen LogP contribution in [0.25, 0.3) is 0 Å². The number of aromatic nitrogens is 1. The summed E-state index contributed by atoms with van der Waals surface area (Å²) in [4.78, 5) is 9.56. The molecule has 4 nitrogen and oxygen atoms in total. The number of likely N-dealkylation sites (tertiary alicyclic amines) is 1. The summed E-state index contributed by atoms with van der Waals surface area (Å²) < 4.78 is 0. The molecule has 2 aliphatic heterocycles. The first kappa shape index (κ1) is 13.8. The lowest BCUT2D eigenvalue weighted by Gasteiger charge is -2.46. The van der Waals surface area contributed by atoms with Crippen LogP contribution in [-0.4, -0.2) is 42.6 Å². The molecule has 110 valence electrons. The molecule has 2 saturated heterocycles. The third-order valence-corrected chi connectivity index (χ3v) is 4.97. The maximum atomic E-state index is 5.98. The highest BCUT2D eigenvalue weighted by atomic mass is 15.2. The van der Waals surface area contributed by atoms with Crippen molar-refractivity contribution in [1.82, 2.24) is 9.88 Å². The van der Waals surface area contributed by atoms with Crippen LogP contribution in [0.2, 0.25) is 0 Å². The lowest BCUT2D eigenvalue weighted by atomic mass is 9.84. The van der Waals surface area contributed by atoms with Gasteiger partial charge in [-0.2, -0.15) is 0 Å². The molecule has 0 aromatic carbocycles. The zero-order valence-corrected chi connectivity index (χ0v) is 12.6. The molecule has 0 saturated carbocycles. The van der Waals surface area contributed by atoms with E-state index in [4.69, 9.17) is 5.73 Å². The Morgan fingerprint density at radius 1 is 1.35 bits per heavy atom. The summed E-state index contributed by atoms with van der Waals surface area (Å²) in [6, 6.07) is 5.04. The minimum Gasteiger partial charge on any atom is -0.356 e. The standard InChI is InChI=1S/C16H26N4/c1-12(17)13-5-7-18-16(10-13)20-9-6-15-14(11-20)4-3-8-19(15)2/h5,7,10,12,14-15H,3-4,6,8-9,11,17H2,1-2H3. The van der Waals surface area contributed by atoms with Crippen LogP contribution >= 0.6 is 0 Å². The van der Waals surface area contributed by atoms with Crippen molar-refractivity contribution in [2.24, 2.45) is 11.7 Å². The molecule has 3 heterocycles. The van der Waals surface area contributed by atoms with Crippen molar-refractivity contribution in [3.05, 3.63) is 23.9 Å². The number of anilines is 1. The molecular weight excluding hydrogens is 248 g/mol. The molecule has 0 radical (unpaired) electrons. The summed E-state index contributed by atoms with van der Waals surface area (Å²) in [6.07, 6.45) is 5.84. The van der Waals surface area contributed by atoms with E-state index < -0.39 is 0 Å². The van der Waals surface area contributed by atoms with Crippen LogP contribution in [-0.2, 0) is 0 Å². The quantitative estimate of drug-likeness (QED) is 0.896. The lowest BCUT2D eigenvalue weighted by Crippen LogP contribution is -2.52. The summed E-state index contributed by atoms with van der Waals surface area (Å²) in [5.41, 5.74) is 7.16. The SMILES string of the molecule is CC(N)c1ccnc(N2CCC3C(CCCN3C)C2)c1. The number of hydrogen-bond acceptors (Lipinski definition) is 4. The minimum atomic E-state index is 0.0788. The Labute approximate surface area is 122 Å². The molecule has 0 spiro atoms. The second-order valence-corrected chi connectivity index (χ2v) is 6.42. The molecule has 1 aromatic rings. The van der Waals surface area contributed by atoms with Crippen molar-refractivity contribution < 1.29 is 0 Å². The van der Waals surface area contributed by atoms with E-state index in [2.05, 4.69) is 27.9 Å². The number of pyridine rings is 1. The summed E-state index contributed by atoms with van der Waals surface area (Å²) >= 11 is 0. The van der Waals surface area contributed by atoms with Gasteiger partial charge in [-0.25, -0.2) is 4.98 Å². The van der Waals surface area contributed by atoms with Gasteiger partial charge in [-0.05, 0) is 63.4 Å². The van der Waals surface area contributed by atoms with Crippen LogP contribution < -0.4 is 10.6 Å². The molecule has 1 aromatic heterocycles. The fourth-order valence-corrected chi connectivity index (χ4v) is 3.75. The zero-order valence-electron chi connectivity index (χ0n) is 12.6. The van der Waals surface area contributed by atoms with E-state index in [-0.39, 0.29) is 6.04 Å². The van der Waals surface area contributed by atoms with Gasteiger partial charge >= 0.3 is 0 Å². The largest absolute Gasteiger partial charge is 0.356 e. The van der Waals surface area contributed by atoms with Crippen molar-refractivity contribution >= 4 is 5.82 Å². The summed E-state index contributed by atoms with van der Waals surface area (Å²) in [7, 11) is 2.28. The van der Waals surface area contributed by atoms with Gasteiger partial charge < -0.3 is 15.5 Å². The van der Waals surface area contributed by atoms with Crippen molar-refractivity contribution in [3.63, 3.8) is 0 Å². The van der Waals surface area contributed by atoms with E-state index in [1.807, 2.05) is 19.2 Å². The molecule has 2 fully saturated rings. The average molecular weight is 274 g/mol. The Morgan fingerprint density at radius 3 is 3.00 bits per heavy atom. The van der Waals surface area contributed by atoms with Gasteiger partial charge in [-0.15, -0.1) is 0 Å². The summed E-state index contributed by atoms with van der Waals surface area (Å²) in [5, 5.41) is 0. The second kappa shape index (κ2) is 5.70. The maximum Gasteiger partial charge on any atom is 0.128 e. The third-order valence-electron chi connectivity index (χ3n) is 4.97. The molecule has 3 unspecified atom stereocenters. The fourth-order valence-electron chi connectivity index (χ4n) is 3.75. The molecule has 2 aliphatic rings. The molecule has 0 bridgehead atoms. The first-order valence-electron chi connectivity index (χ1n) is 7.82. The van der Waals surface area contributed by atoms with Crippen LogP contribution in [0.4, 0.5) is 5.82 Å². The highest BCUT2D eigenvalue weighted by molar-refractivity contribution is 5.42. The molecule has 20 heavy (non-hydrogen) atoms. The van der Waals surface area contributed by atoms with Crippen LogP contribution in [0.1, 0.15) is 37.8 Å². The zero-order chi connectivity index (χ0) is 14.1. The number of hydrogen-bond donors (Lipinski definition) is 1. The van der Waals surface area contributed by atoms with E-state index in [1.54, 1.807) is 0 Å². The van der Waals surface area contributed by atoms with Crippen molar-refractivity contribution in [3.8, 4) is 0 Å². The highest BCUT2D eigenvalue weighted by Gasteiger charge is 2.34. The fraction of sp³-hybridized carbons (Fsp3) is 0.688. The van der Waals surface area contributed by atoms with Crippen molar-refractivity contribution in [1.29, 1.82) is 0 Å². The first-order chi connectivity index (χ1) is 9.65. The molecule has 3 atom stereocenters. The molecular formula is C16H26N4. The van der Waals surface area contributed by atoms with Crippen LogP contribution in [0.5, 0.6) is 0 Å². The second-order valence-electron chi connectivity index (χ2n) is 6.42. The number of nitrogens with two attached hydrogens (primary N) is 1. The highest BCUT2D eigenvalue weighted by Crippen LogP contribution is 2.31. The van der Waals surface area contributed by atoms with Crippen LogP contribution in [0, 0.1) is 5.92 Å². The molecule has 4 heteroatoms. The molecule has 2 N–H and O–H groups in total. The number of rotatable bonds is 2. The van der Waals surface area contributed by atoms with Gasteiger partial charge in [-0.1, -0.05) is 0 Å². The smallest absolute Gasteiger partial charge is 0.128 e. The number of piperidine rings is 2. The Kier molecular flexibility index (Phi) is 3.94. The van der Waals surface area contributed by atoms with Crippen LogP contribution in [0.3, 0.4) is 0 Å². The van der Waals surface area contributed by atoms with Gasteiger partial charge in [0, 0.05) is 31.4 Å². The monoisotopic (exact) mass is 274 g/mol. The molecule has 3 rings (SSSR count). The predicted molar refractivity (Wildman–Crippen MR) is 82.8 cm³/mol.